The van der Waals surface area contributed by atoms with Crippen LogP contribution in [-0.2, 0) is 13.0 Å². The molecule has 1 amide bonds. The Bertz CT molecular complexity index is 869. The van der Waals surface area contributed by atoms with Gasteiger partial charge in [-0.05, 0) is 43.0 Å². The number of fused-ring (bicyclic) bond motifs is 1. The van der Waals surface area contributed by atoms with Crippen molar-refractivity contribution in [3.63, 3.8) is 0 Å². The molecule has 0 spiro atoms. The Labute approximate surface area is 144 Å². The van der Waals surface area contributed by atoms with Gasteiger partial charge in [-0.2, -0.15) is 0 Å². The van der Waals surface area contributed by atoms with Crippen molar-refractivity contribution in [2.24, 2.45) is 0 Å². The SMILES string of the molecule is CCn1cnnc1CCNC(=O)c1sc2ccc(OC)cc2c1C. The summed E-state index contributed by atoms with van der Waals surface area (Å²) in [6, 6.07) is 5.88. The highest BCUT2D eigenvalue weighted by Gasteiger charge is 2.16. The van der Waals surface area contributed by atoms with E-state index in [2.05, 4.69) is 15.5 Å². The molecule has 0 saturated carbocycles. The summed E-state index contributed by atoms with van der Waals surface area (Å²) in [7, 11) is 1.64. The van der Waals surface area contributed by atoms with E-state index in [1.165, 1.54) is 11.3 Å². The van der Waals surface area contributed by atoms with Gasteiger partial charge in [0.25, 0.3) is 5.91 Å². The van der Waals surface area contributed by atoms with Gasteiger partial charge in [0.1, 0.15) is 17.9 Å². The number of aryl methyl sites for hydroxylation is 2. The van der Waals surface area contributed by atoms with Crippen LogP contribution in [0.25, 0.3) is 10.1 Å². The van der Waals surface area contributed by atoms with E-state index >= 15 is 0 Å². The van der Waals surface area contributed by atoms with Crippen LogP contribution >= 0.6 is 11.3 Å². The molecule has 6 nitrogen and oxygen atoms in total. The molecule has 0 bridgehead atoms. The van der Waals surface area contributed by atoms with Crippen LogP contribution in [0.4, 0.5) is 0 Å². The Morgan fingerprint density at radius 2 is 2.25 bits per heavy atom. The van der Waals surface area contributed by atoms with Gasteiger partial charge < -0.3 is 14.6 Å². The van der Waals surface area contributed by atoms with Gasteiger partial charge >= 0.3 is 0 Å². The van der Waals surface area contributed by atoms with E-state index < -0.39 is 0 Å². The lowest BCUT2D eigenvalue weighted by molar-refractivity contribution is 0.0957. The third kappa shape index (κ3) is 3.12. The summed E-state index contributed by atoms with van der Waals surface area (Å²) < 4.78 is 8.33. The van der Waals surface area contributed by atoms with E-state index in [0.29, 0.717) is 13.0 Å². The number of rotatable bonds is 6. The summed E-state index contributed by atoms with van der Waals surface area (Å²) in [4.78, 5) is 13.2. The second-order valence-electron chi connectivity index (χ2n) is 5.46. The minimum Gasteiger partial charge on any atom is -0.497 e. The van der Waals surface area contributed by atoms with Crippen LogP contribution in [0.3, 0.4) is 0 Å². The molecule has 0 atom stereocenters. The third-order valence-electron chi connectivity index (χ3n) is 4.02. The highest BCUT2D eigenvalue weighted by Crippen LogP contribution is 2.33. The van der Waals surface area contributed by atoms with Crippen LogP contribution in [0, 0.1) is 6.92 Å². The molecule has 0 aliphatic rings. The molecule has 1 aromatic carbocycles. The van der Waals surface area contributed by atoms with E-state index in [1.54, 1.807) is 13.4 Å². The summed E-state index contributed by atoms with van der Waals surface area (Å²) in [6.45, 7) is 5.38. The molecule has 0 radical (unpaired) electrons. The molecule has 7 heteroatoms. The average molecular weight is 344 g/mol. The number of nitrogens with one attached hydrogen (secondary N) is 1. The molecule has 1 N–H and O–H groups in total. The molecule has 0 aliphatic carbocycles. The predicted octanol–water partition coefficient (Wildman–Crippen LogP) is 2.80. The molecule has 0 saturated heterocycles. The molecule has 2 heterocycles. The normalized spacial score (nSPS) is 11.0. The van der Waals surface area contributed by atoms with Crippen molar-refractivity contribution in [3.05, 3.63) is 40.8 Å². The first-order chi connectivity index (χ1) is 11.6. The van der Waals surface area contributed by atoms with Gasteiger partial charge in [0, 0.05) is 24.2 Å². The number of thiophene rings is 1. The molecule has 2 aromatic heterocycles. The van der Waals surface area contributed by atoms with Crippen molar-refractivity contribution in [1.82, 2.24) is 20.1 Å². The summed E-state index contributed by atoms with van der Waals surface area (Å²) in [5, 5.41) is 12.0. The van der Waals surface area contributed by atoms with E-state index in [4.69, 9.17) is 4.74 Å². The topological polar surface area (TPSA) is 69.0 Å². The Morgan fingerprint density at radius 3 is 3.00 bits per heavy atom. The number of ether oxygens (including phenoxy) is 1. The zero-order chi connectivity index (χ0) is 17.1. The summed E-state index contributed by atoms with van der Waals surface area (Å²) in [5.41, 5.74) is 0.989. The van der Waals surface area contributed by atoms with Crippen molar-refractivity contribution in [2.75, 3.05) is 13.7 Å². The number of hydrogen-bond acceptors (Lipinski definition) is 5. The van der Waals surface area contributed by atoms with E-state index in [9.17, 15) is 4.79 Å². The van der Waals surface area contributed by atoms with Gasteiger partial charge in [0.15, 0.2) is 0 Å². The van der Waals surface area contributed by atoms with Crippen LogP contribution in [0.2, 0.25) is 0 Å². The summed E-state index contributed by atoms with van der Waals surface area (Å²) in [5.74, 6) is 1.64. The number of hydrogen-bond donors (Lipinski definition) is 1. The maximum absolute atomic E-state index is 12.5. The second-order valence-corrected chi connectivity index (χ2v) is 6.51. The van der Waals surface area contributed by atoms with Gasteiger partial charge in [-0.1, -0.05) is 0 Å². The van der Waals surface area contributed by atoms with Crippen LogP contribution in [0.5, 0.6) is 5.75 Å². The first kappa shape index (κ1) is 16.4. The molecule has 0 fully saturated rings. The fraction of sp³-hybridized carbons (Fsp3) is 0.353. The standard InChI is InChI=1S/C17H20N4O2S/c1-4-21-10-19-20-15(21)7-8-18-17(22)16-11(2)13-9-12(23-3)5-6-14(13)24-16/h5-6,9-10H,4,7-8H2,1-3H3,(H,18,22). The second kappa shape index (κ2) is 7.00. The van der Waals surface area contributed by atoms with Crippen LogP contribution in [-0.4, -0.2) is 34.3 Å². The van der Waals surface area contributed by atoms with Gasteiger partial charge in [0.2, 0.25) is 0 Å². The first-order valence-electron chi connectivity index (χ1n) is 7.86. The zero-order valence-corrected chi connectivity index (χ0v) is 14.8. The Balaban J connectivity index is 1.71. The van der Waals surface area contributed by atoms with E-state index in [-0.39, 0.29) is 5.91 Å². The number of carbonyl (C=O) groups is 1. The van der Waals surface area contributed by atoms with Crippen LogP contribution in [0.15, 0.2) is 24.5 Å². The van der Waals surface area contributed by atoms with E-state index in [1.807, 2.05) is 36.6 Å². The smallest absolute Gasteiger partial charge is 0.261 e. The molecule has 3 rings (SSSR count). The van der Waals surface area contributed by atoms with Crippen LogP contribution in [0.1, 0.15) is 28.0 Å². The average Bonchev–Trinajstić information content (AvgIpc) is 3.19. The lowest BCUT2D eigenvalue weighted by Crippen LogP contribution is -2.26. The van der Waals surface area contributed by atoms with Crippen LogP contribution < -0.4 is 10.1 Å². The summed E-state index contributed by atoms with van der Waals surface area (Å²) >= 11 is 1.51. The maximum atomic E-state index is 12.5. The summed E-state index contributed by atoms with van der Waals surface area (Å²) in [6.07, 6.45) is 2.37. The predicted molar refractivity (Wildman–Crippen MR) is 94.8 cm³/mol. The molecule has 126 valence electrons. The molecule has 24 heavy (non-hydrogen) atoms. The Hall–Kier alpha value is -2.41. The van der Waals surface area contributed by atoms with Gasteiger partial charge in [-0.15, -0.1) is 21.5 Å². The minimum absolute atomic E-state index is 0.0461. The highest BCUT2D eigenvalue weighted by molar-refractivity contribution is 7.21. The van der Waals surface area contributed by atoms with Gasteiger partial charge in [-0.3, -0.25) is 4.79 Å². The fourth-order valence-electron chi connectivity index (χ4n) is 2.65. The number of methoxy groups -OCH3 is 1. The highest BCUT2D eigenvalue weighted by atomic mass is 32.1. The zero-order valence-electron chi connectivity index (χ0n) is 14.0. The van der Waals surface area contributed by atoms with Crippen molar-refractivity contribution in [3.8, 4) is 5.75 Å². The largest absolute Gasteiger partial charge is 0.497 e. The fourth-order valence-corrected chi connectivity index (χ4v) is 3.75. The molecule has 0 aliphatic heterocycles. The quantitative estimate of drug-likeness (QED) is 0.746. The monoisotopic (exact) mass is 344 g/mol. The van der Waals surface area contributed by atoms with Crippen molar-refractivity contribution in [1.29, 1.82) is 0 Å². The number of aromatic nitrogens is 3. The molecule has 3 aromatic rings. The minimum atomic E-state index is -0.0461. The number of benzene rings is 1. The number of nitrogens with zero attached hydrogens (tertiary/aromatic N) is 3. The van der Waals surface area contributed by atoms with Gasteiger partial charge in [-0.25, -0.2) is 0 Å². The number of amides is 1. The lowest BCUT2D eigenvalue weighted by atomic mass is 10.1. The molecule has 0 unspecified atom stereocenters. The third-order valence-corrected chi connectivity index (χ3v) is 5.29. The Morgan fingerprint density at radius 1 is 1.42 bits per heavy atom. The molecular weight excluding hydrogens is 324 g/mol. The lowest BCUT2D eigenvalue weighted by Gasteiger charge is -2.05. The van der Waals surface area contributed by atoms with Crippen molar-refractivity contribution >= 4 is 27.3 Å². The van der Waals surface area contributed by atoms with Crippen molar-refractivity contribution < 1.29 is 9.53 Å². The van der Waals surface area contributed by atoms with E-state index in [0.717, 1.165) is 38.6 Å². The Kier molecular flexibility index (Phi) is 4.80. The van der Waals surface area contributed by atoms with Gasteiger partial charge in [0.05, 0.1) is 12.0 Å². The van der Waals surface area contributed by atoms with Crippen molar-refractivity contribution in [2.45, 2.75) is 26.8 Å². The first-order valence-corrected chi connectivity index (χ1v) is 8.67. The maximum Gasteiger partial charge on any atom is 0.261 e. The number of carbonyl (C=O) groups excluding carboxylic acids is 1. The molecular formula is C17H20N4O2S.